The van der Waals surface area contributed by atoms with Crippen LogP contribution in [0.1, 0.15) is 65.0 Å². The monoisotopic (exact) mass is 372 g/mol. The Morgan fingerprint density at radius 2 is 1.85 bits per heavy atom. The zero-order valence-electron chi connectivity index (χ0n) is 16.9. The average Bonchev–Trinajstić information content (AvgIpc) is 2.66. The van der Waals surface area contributed by atoms with Gasteiger partial charge in [-0.05, 0) is 56.9 Å². The number of ether oxygens (including phenoxy) is 2. The van der Waals surface area contributed by atoms with Gasteiger partial charge in [-0.15, -0.1) is 0 Å². The van der Waals surface area contributed by atoms with Gasteiger partial charge in [-0.25, -0.2) is 0 Å². The standard InChI is InChI=1S/C23H32O4/c1-17(2)16-26-21(24)23(3,4)22(25)27-20(19-13-9-6-10-14-19)15-18-11-7-5-8-12-18/h6-7,9-11,13-14,17-18,20H,5,8,12,15-16H2,1-4H3. The van der Waals surface area contributed by atoms with Crippen LogP contribution in [-0.2, 0) is 19.1 Å². The molecule has 0 heterocycles. The fourth-order valence-electron chi connectivity index (χ4n) is 3.06. The van der Waals surface area contributed by atoms with Gasteiger partial charge in [0.15, 0.2) is 5.41 Å². The third-order valence-corrected chi connectivity index (χ3v) is 4.86. The van der Waals surface area contributed by atoms with Crippen molar-refractivity contribution >= 4 is 11.9 Å². The largest absolute Gasteiger partial charge is 0.465 e. The molecule has 2 unspecified atom stereocenters. The first-order valence-electron chi connectivity index (χ1n) is 9.90. The van der Waals surface area contributed by atoms with Gasteiger partial charge >= 0.3 is 11.9 Å². The summed E-state index contributed by atoms with van der Waals surface area (Å²) in [5.41, 5.74) is -0.374. The first-order chi connectivity index (χ1) is 12.8. The van der Waals surface area contributed by atoms with Crippen LogP contribution < -0.4 is 0 Å². The van der Waals surface area contributed by atoms with Gasteiger partial charge in [0, 0.05) is 0 Å². The van der Waals surface area contributed by atoms with Crippen LogP contribution >= 0.6 is 0 Å². The maximum atomic E-state index is 12.8. The van der Waals surface area contributed by atoms with Crippen molar-refractivity contribution in [2.24, 2.45) is 17.3 Å². The molecule has 2 atom stereocenters. The summed E-state index contributed by atoms with van der Waals surface area (Å²) < 4.78 is 11.1. The summed E-state index contributed by atoms with van der Waals surface area (Å²) in [7, 11) is 0. The summed E-state index contributed by atoms with van der Waals surface area (Å²) in [4.78, 5) is 25.2. The number of allylic oxidation sites excluding steroid dienone is 2. The lowest BCUT2D eigenvalue weighted by molar-refractivity contribution is -0.174. The smallest absolute Gasteiger partial charge is 0.323 e. The molecule has 1 aromatic carbocycles. The summed E-state index contributed by atoms with van der Waals surface area (Å²) in [5.74, 6) is -0.473. The summed E-state index contributed by atoms with van der Waals surface area (Å²) in [6.07, 6.45) is 8.13. The molecule has 1 aromatic rings. The molecule has 1 aliphatic rings. The second-order valence-electron chi connectivity index (χ2n) is 8.28. The summed E-state index contributed by atoms with van der Waals surface area (Å²) in [6.45, 7) is 7.36. The SMILES string of the molecule is CC(C)COC(=O)C(C)(C)C(=O)OC(CC1C=CCCC1)c1ccccc1. The van der Waals surface area contributed by atoms with Crippen LogP contribution in [0.25, 0.3) is 0 Å². The van der Waals surface area contributed by atoms with Gasteiger partial charge in [-0.1, -0.05) is 56.3 Å². The van der Waals surface area contributed by atoms with Crippen LogP contribution in [-0.4, -0.2) is 18.5 Å². The Hall–Kier alpha value is -2.10. The van der Waals surface area contributed by atoms with Crippen molar-refractivity contribution in [2.75, 3.05) is 6.61 Å². The van der Waals surface area contributed by atoms with Crippen molar-refractivity contribution in [1.29, 1.82) is 0 Å². The highest BCUT2D eigenvalue weighted by Crippen LogP contribution is 2.33. The van der Waals surface area contributed by atoms with Crippen molar-refractivity contribution in [3.8, 4) is 0 Å². The zero-order chi connectivity index (χ0) is 19.9. The fourth-order valence-corrected chi connectivity index (χ4v) is 3.06. The van der Waals surface area contributed by atoms with Gasteiger partial charge in [0.25, 0.3) is 0 Å². The van der Waals surface area contributed by atoms with Crippen LogP contribution in [0, 0.1) is 17.3 Å². The molecule has 2 rings (SSSR count). The predicted molar refractivity (Wildman–Crippen MR) is 106 cm³/mol. The van der Waals surface area contributed by atoms with E-state index >= 15 is 0 Å². The Kier molecular flexibility index (Phi) is 7.64. The summed E-state index contributed by atoms with van der Waals surface area (Å²) in [5, 5.41) is 0. The van der Waals surface area contributed by atoms with Crippen molar-refractivity contribution in [3.05, 3.63) is 48.0 Å². The van der Waals surface area contributed by atoms with Crippen LogP contribution in [0.4, 0.5) is 0 Å². The van der Waals surface area contributed by atoms with E-state index in [9.17, 15) is 9.59 Å². The second-order valence-corrected chi connectivity index (χ2v) is 8.28. The molecule has 0 fully saturated rings. The van der Waals surface area contributed by atoms with E-state index in [2.05, 4.69) is 12.2 Å². The number of carbonyl (C=O) groups excluding carboxylic acids is 2. The number of carbonyl (C=O) groups is 2. The molecule has 4 nitrogen and oxygen atoms in total. The molecule has 0 bridgehead atoms. The number of rotatable bonds is 8. The number of benzene rings is 1. The van der Waals surface area contributed by atoms with E-state index < -0.39 is 17.4 Å². The lowest BCUT2D eigenvalue weighted by atomic mass is 9.88. The Balaban J connectivity index is 2.11. The molecular weight excluding hydrogens is 340 g/mol. The van der Waals surface area contributed by atoms with E-state index in [4.69, 9.17) is 9.47 Å². The Morgan fingerprint density at radius 3 is 2.44 bits per heavy atom. The summed E-state index contributed by atoms with van der Waals surface area (Å²) in [6, 6.07) is 9.75. The minimum atomic E-state index is -1.33. The molecular formula is C23H32O4. The average molecular weight is 373 g/mol. The topological polar surface area (TPSA) is 52.6 Å². The van der Waals surface area contributed by atoms with Gasteiger partial charge in [0.05, 0.1) is 6.61 Å². The molecule has 0 aliphatic heterocycles. The van der Waals surface area contributed by atoms with Crippen molar-refractivity contribution in [3.63, 3.8) is 0 Å². The molecule has 0 saturated heterocycles. The maximum Gasteiger partial charge on any atom is 0.323 e. The number of esters is 2. The lowest BCUT2D eigenvalue weighted by Gasteiger charge is -2.28. The highest BCUT2D eigenvalue weighted by molar-refractivity contribution is 5.99. The summed E-state index contributed by atoms with van der Waals surface area (Å²) >= 11 is 0. The number of hydrogen-bond acceptors (Lipinski definition) is 4. The fraction of sp³-hybridized carbons (Fsp3) is 0.565. The quantitative estimate of drug-likeness (QED) is 0.356. The van der Waals surface area contributed by atoms with Crippen molar-refractivity contribution < 1.29 is 19.1 Å². The van der Waals surface area contributed by atoms with Crippen molar-refractivity contribution in [2.45, 2.75) is 59.5 Å². The highest BCUT2D eigenvalue weighted by atomic mass is 16.6. The van der Waals surface area contributed by atoms with Gasteiger partial charge in [0.2, 0.25) is 0 Å². The predicted octanol–water partition coefficient (Wildman–Crippen LogP) is 5.24. The van der Waals surface area contributed by atoms with Crippen LogP contribution in [0.15, 0.2) is 42.5 Å². The molecule has 27 heavy (non-hydrogen) atoms. The van der Waals surface area contributed by atoms with Gasteiger partial charge in [0.1, 0.15) is 6.10 Å². The van der Waals surface area contributed by atoms with Gasteiger partial charge < -0.3 is 9.47 Å². The Bertz CT molecular complexity index is 646. The van der Waals surface area contributed by atoms with E-state index in [0.29, 0.717) is 12.5 Å². The van der Waals surface area contributed by atoms with Crippen molar-refractivity contribution in [1.82, 2.24) is 0 Å². The second kappa shape index (κ2) is 9.72. The molecule has 0 radical (unpaired) electrons. The van der Waals surface area contributed by atoms with Crippen LogP contribution in [0.3, 0.4) is 0 Å². The molecule has 0 saturated carbocycles. The van der Waals surface area contributed by atoms with Gasteiger partial charge in [-0.2, -0.15) is 0 Å². The Morgan fingerprint density at radius 1 is 1.15 bits per heavy atom. The third-order valence-electron chi connectivity index (χ3n) is 4.86. The molecule has 1 aliphatic carbocycles. The lowest BCUT2D eigenvalue weighted by Crippen LogP contribution is -2.38. The Labute approximate surface area is 162 Å². The normalized spacial score (nSPS) is 18.2. The van der Waals surface area contributed by atoms with E-state index in [0.717, 1.165) is 31.2 Å². The third kappa shape index (κ3) is 6.23. The molecule has 148 valence electrons. The van der Waals surface area contributed by atoms with E-state index in [1.165, 1.54) is 0 Å². The zero-order valence-corrected chi connectivity index (χ0v) is 16.9. The number of hydrogen-bond donors (Lipinski definition) is 0. The maximum absolute atomic E-state index is 12.8. The van der Waals surface area contributed by atoms with Crippen LogP contribution in [0.5, 0.6) is 0 Å². The first kappa shape index (κ1) is 21.2. The van der Waals surface area contributed by atoms with Crippen LogP contribution in [0.2, 0.25) is 0 Å². The minimum absolute atomic E-state index is 0.218. The molecule has 0 aromatic heterocycles. The minimum Gasteiger partial charge on any atom is -0.465 e. The molecule has 0 spiro atoms. The molecule has 0 amide bonds. The van der Waals surface area contributed by atoms with Gasteiger partial charge in [-0.3, -0.25) is 9.59 Å². The van der Waals surface area contributed by atoms with E-state index in [1.54, 1.807) is 13.8 Å². The van der Waals surface area contributed by atoms with E-state index in [1.807, 2.05) is 44.2 Å². The highest BCUT2D eigenvalue weighted by Gasteiger charge is 2.41. The molecule has 0 N–H and O–H groups in total. The first-order valence-corrected chi connectivity index (χ1v) is 9.90. The van der Waals surface area contributed by atoms with E-state index in [-0.39, 0.29) is 12.0 Å². The molecule has 4 heteroatoms.